The predicted molar refractivity (Wildman–Crippen MR) is 93.9 cm³/mol. The van der Waals surface area contributed by atoms with Gasteiger partial charge >= 0.3 is 0 Å². The van der Waals surface area contributed by atoms with Crippen LogP contribution in [0.5, 0.6) is 5.88 Å². The zero-order chi connectivity index (χ0) is 17.8. The lowest BCUT2D eigenvalue weighted by atomic mass is 10.1. The maximum absolute atomic E-state index is 12.5. The fourth-order valence-electron chi connectivity index (χ4n) is 2.95. The van der Waals surface area contributed by atoms with Crippen LogP contribution in [0, 0.1) is 0 Å². The summed E-state index contributed by atoms with van der Waals surface area (Å²) in [4.78, 5) is 26.7. The molecule has 1 aliphatic heterocycles. The molecule has 1 fully saturated rings. The summed E-state index contributed by atoms with van der Waals surface area (Å²) in [6, 6.07) is 6.95. The monoisotopic (exact) mass is 342 g/mol. The van der Waals surface area contributed by atoms with Gasteiger partial charge in [0.1, 0.15) is 5.56 Å². The standard InChI is InChI=1S/C18H22N4O3/c1-21-12-15(17(20-21)25-2)16(23)19-14-8-6-13(7-9-14)18(24)22-10-4-3-5-11-22/h6-9,12H,3-5,10-11H2,1-2H3,(H,19,23). The van der Waals surface area contributed by atoms with E-state index < -0.39 is 0 Å². The summed E-state index contributed by atoms with van der Waals surface area (Å²) in [5.74, 6) is 0.0171. The highest BCUT2D eigenvalue weighted by Crippen LogP contribution is 2.19. The molecule has 1 aromatic carbocycles. The van der Waals surface area contributed by atoms with Gasteiger partial charge in [-0.2, -0.15) is 0 Å². The topological polar surface area (TPSA) is 76.5 Å². The summed E-state index contributed by atoms with van der Waals surface area (Å²) in [5, 5.41) is 6.86. The van der Waals surface area contributed by atoms with Gasteiger partial charge in [0.15, 0.2) is 0 Å². The average Bonchev–Trinajstić information content (AvgIpc) is 3.03. The lowest BCUT2D eigenvalue weighted by Crippen LogP contribution is -2.35. The molecule has 3 rings (SSSR count). The molecule has 1 N–H and O–H groups in total. The fraction of sp³-hybridized carbons (Fsp3) is 0.389. The van der Waals surface area contributed by atoms with Crippen molar-refractivity contribution in [1.29, 1.82) is 0 Å². The summed E-state index contributed by atoms with van der Waals surface area (Å²) < 4.78 is 6.62. The number of nitrogens with one attached hydrogen (secondary N) is 1. The van der Waals surface area contributed by atoms with E-state index in [2.05, 4.69) is 10.4 Å². The molecule has 0 saturated carbocycles. The Morgan fingerprint density at radius 1 is 1.12 bits per heavy atom. The van der Waals surface area contributed by atoms with Crippen molar-refractivity contribution in [1.82, 2.24) is 14.7 Å². The molecular weight excluding hydrogens is 320 g/mol. The molecule has 0 atom stereocenters. The molecule has 7 nitrogen and oxygen atoms in total. The summed E-state index contributed by atoms with van der Waals surface area (Å²) in [5.41, 5.74) is 1.61. The molecule has 0 radical (unpaired) electrons. The van der Waals surface area contributed by atoms with Gasteiger partial charge in [-0.1, -0.05) is 0 Å². The Morgan fingerprint density at radius 2 is 1.80 bits per heavy atom. The minimum Gasteiger partial charge on any atom is -0.479 e. The Bertz CT molecular complexity index is 761. The first-order valence-electron chi connectivity index (χ1n) is 8.37. The summed E-state index contributed by atoms with van der Waals surface area (Å²) in [7, 11) is 3.19. The minimum absolute atomic E-state index is 0.0477. The van der Waals surface area contributed by atoms with Gasteiger partial charge in [-0.25, -0.2) is 0 Å². The Labute approximate surface area is 146 Å². The molecule has 0 aliphatic carbocycles. The van der Waals surface area contributed by atoms with Gasteiger partial charge in [-0.05, 0) is 43.5 Å². The number of hydrogen-bond donors (Lipinski definition) is 1. The van der Waals surface area contributed by atoms with Crippen LogP contribution in [-0.4, -0.2) is 46.7 Å². The van der Waals surface area contributed by atoms with E-state index in [1.54, 1.807) is 37.5 Å². The van der Waals surface area contributed by atoms with Crippen molar-refractivity contribution >= 4 is 17.5 Å². The SMILES string of the molecule is COc1nn(C)cc1C(=O)Nc1ccc(C(=O)N2CCCCC2)cc1. The number of ether oxygens (including phenoxy) is 1. The Balaban J connectivity index is 1.67. The third-order valence-electron chi connectivity index (χ3n) is 4.27. The molecule has 2 amide bonds. The van der Waals surface area contributed by atoms with Crippen LogP contribution in [0.2, 0.25) is 0 Å². The number of carbonyl (C=O) groups excluding carboxylic acids is 2. The van der Waals surface area contributed by atoms with Crippen LogP contribution in [-0.2, 0) is 7.05 Å². The molecule has 1 saturated heterocycles. The van der Waals surface area contributed by atoms with Crippen LogP contribution < -0.4 is 10.1 Å². The van der Waals surface area contributed by atoms with Crippen LogP contribution in [0.15, 0.2) is 30.5 Å². The van der Waals surface area contributed by atoms with Crippen molar-refractivity contribution in [2.24, 2.45) is 7.05 Å². The van der Waals surface area contributed by atoms with Crippen molar-refractivity contribution in [2.45, 2.75) is 19.3 Å². The number of benzene rings is 1. The lowest BCUT2D eigenvalue weighted by Gasteiger charge is -2.26. The zero-order valence-corrected chi connectivity index (χ0v) is 14.5. The minimum atomic E-state index is -0.306. The highest BCUT2D eigenvalue weighted by molar-refractivity contribution is 6.06. The number of aryl methyl sites for hydroxylation is 1. The van der Waals surface area contributed by atoms with Crippen LogP contribution >= 0.6 is 0 Å². The quantitative estimate of drug-likeness (QED) is 0.925. The van der Waals surface area contributed by atoms with E-state index in [0.717, 1.165) is 25.9 Å². The predicted octanol–water partition coefficient (Wildman–Crippen LogP) is 2.31. The number of aromatic nitrogens is 2. The molecule has 2 heterocycles. The number of piperidine rings is 1. The maximum Gasteiger partial charge on any atom is 0.262 e. The van der Waals surface area contributed by atoms with Gasteiger partial charge in [0.05, 0.1) is 7.11 Å². The van der Waals surface area contributed by atoms with E-state index >= 15 is 0 Å². The average molecular weight is 342 g/mol. The second-order valence-corrected chi connectivity index (χ2v) is 6.11. The van der Waals surface area contributed by atoms with Gasteiger partial charge in [0.2, 0.25) is 5.88 Å². The van der Waals surface area contributed by atoms with E-state index in [-0.39, 0.29) is 17.7 Å². The molecule has 2 aromatic rings. The zero-order valence-electron chi connectivity index (χ0n) is 14.5. The Hall–Kier alpha value is -2.83. The molecule has 0 unspecified atom stereocenters. The third-order valence-corrected chi connectivity index (χ3v) is 4.27. The first-order valence-corrected chi connectivity index (χ1v) is 8.37. The van der Waals surface area contributed by atoms with E-state index in [9.17, 15) is 9.59 Å². The van der Waals surface area contributed by atoms with Gasteiger partial charge < -0.3 is 15.0 Å². The first-order chi connectivity index (χ1) is 12.1. The van der Waals surface area contributed by atoms with E-state index in [1.807, 2.05) is 4.90 Å². The molecule has 25 heavy (non-hydrogen) atoms. The second kappa shape index (κ2) is 7.38. The van der Waals surface area contributed by atoms with Crippen molar-refractivity contribution in [3.8, 4) is 5.88 Å². The largest absolute Gasteiger partial charge is 0.479 e. The molecule has 0 bridgehead atoms. The van der Waals surface area contributed by atoms with Crippen molar-refractivity contribution < 1.29 is 14.3 Å². The van der Waals surface area contributed by atoms with Crippen LogP contribution in [0.3, 0.4) is 0 Å². The number of methoxy groups -OCH3 is 1. The van der Waals surface area contributed by atoms with E-state index in [0.29, 0.717) is 16.8 Å². The maximum atomic E-state index is 12.5. The van der Waals surface area contributed by atoms with Gasteiger partial charge in [-0.3, -0.25) is 14.3 Å². The Kier molecular flexibility index (Phi) is 5.02. The summed E-state index contributed by atoms with van der Waals surface area (Å²) in [6.07, 6.45) is 4.91. The number of amides is 2. The number of nitrogens with zero attached hydrogens (tertiary/aromatic N) is 3. The van der Waals surface area contributed by atoms with Crippen molar-refractivity contribution in [2.75, 3.05) is 25.5 Å². The molecule has 132 valence electrons. The van der Waals surface area contributed by atoms with Crippen LogP contribution in [0.1, 0.15) is 40.0 Å². The van der Waals surface area contributed by atoms with Crippen LogP contribution in [0.4, 0.5) is 5.69 Å². The van der Waals surface area contributed by atoms with E-state index in [4.69, 9.17) is 4.74 Å². The summed E-state index contributed by atoms with van der Waals surface area (Å²) in [6.45, 7) is 1.64. The summed E-state index contributed by atoms with van der Waals surface area (Å²) >= 11 is 0. The first kappa shape index (κ1) is 17.0. The fourth-order valence-corrected chi connectivity index (χ4v) is 2.95. The highest BCUT2D eigenvalue weighted by Gasteiger charge is 2.19. The molecular formula is C18H22N4O3. The molecule has 0 spiro atoms. The molecule has 1 aromatic heterocycles. The highest BCUT2D eigenvalue weighted by atomic mass is 16.5. The van der Waals surface area contributed by atoms with Gasteiger partial charge in [0, 0.05) is 37.6 Å². The number of anilines is 1. The molecule has 1 aliphatic rings. The van der Waals surface area contributed by atoms with Crippen molar-refractivity contribution in [3.05, 3.63) is 41.6 Å². The van der Waals surface area contributed by atoms with E-state index in [1.165, 1.54) is 18.2 Å². The van der Waals surface area contributed by atoms with Crippen molar-refractivity contribution in [3.63, 3.8) is 0 Å². The number of hydrogen-bond acceptors (Lipinski definition) is 4. The third kappa shape index (κ3) is 3.81. The molecule has 7 heteroatoms. The lowest BCUT2D eigenvalue weighted by molar-refractivity contribution is 0.0724. The number of rotatable bonds is 4. The smallest absolute Gasteiger partial charge is 0.262 e. The second-order valence-electron chi connectivity index (χ2n) is 6.11. The van der Waals surface area contributed by atoms with Gasteiger partial charge in [-0.15, -0.1) is 5.10 Å². The Morgan fingerprint density at radius 3 is 2.44 bits per heavy atom. The van der Waals surface area contributed by atoms with Crippen LogP contribution in [0.25, 0.3) is 0 Å². The number of carbonyl (C=O) groups is 2. The van der Waals surface area contributed by atoms with Gasteiger partial charge in [0.25, 0.3) is 11.8 Å². The normalized spacial score (nSPS) is 14.2. The number of likely N-dealkylation sites (tertiary alicyclic amines) is 1.